The van der Waals surface area contributed by atoms with E-state index in [0.29, 0.717) is 56.9 Å². The number of hydrogen-bond acceptors (Lipinski definition) is 9. The zero-order valence-electron chi connectivity index (χ0n) is 19.2. The molecule has 2 aromatic heterocycles. The molecule has 0 aliphatic carbocycles. The minimum absolute atomic E-state index is 0.00210. The molecule has 1 aliphatic rings. The SMILES string of the molecule is O=C(c1ccccc1)c1ccc(OCC2=Nc3c(ccnc3-c3csc(NCCO)n3)C(=O)C2)cc1. The van der Waals surface area contributed by atoms with E-state index in [1.165, 1.54) is 11.3 Å². The van der Waals surface area contributed by atoms with E-state index in [-0.39, 0.29) is 31.2 Å². The lowest BCUT2D eigenvalue weighted by molar-refractivity contribution is 0.0996. The summed E-state index contributed by atoms with van der Waals surface area (Å²) in [5, 5.41) is 14.5. The van der Waals surface area contributed by atoms with Crippen molar-refractivity contribution in [2.45, 2.75) is 6.42 Å². The Morgan fingerprint density at radius 3 is 2.61 bits per heavy atom. The second-order valence-corrected chi connectivity index (χ2v) is 8.89. The summed E-state index contributed by atoms with van der Waals surface area (Å²) >= 11 is 1.39. The number of thiazole rings is 1. The van der Waals surface area contributed by atoms with Gasteiger partial charge in [0.1, 0.15) is 29.4 Å². The average molecular weight is 499 g/mol. The molecule has 3 heterocycles. The van der Waals surface area contributed by atoms with Gasteiger partial charge < -0.3 is 15.2 Å². The van der Waals surface area contributed by atoms with Gasteiger partial charge in [0.2, 0.25) is 0 Å². The number of anilines is 1. The number of aliphatic hydroxyl groups is 1. The molecule has 180 valence electrons. The summed E-state index contributed by atoms with van der Waals surface area (Å²) in [5.41, 5.74) is 3.89. The van der Waals surface area contributed by atoms with Gasteiger partial charge in [-0.15, -0.1) is 11.3 Å². The number of hydrogen-bond donors (Lipinski definition) is 2. The van der Waals surface area contributed by atoms with Crippen molar-refractivity contribution < 1.29 is 19.4 Å². The van der Waals surface area contributed by atoms with Crippen LogP contribution in [0.25, 0.3) is 11.4 Å². The second kappa shape index (κ2) is 10.6. The Labute approximate surface area is 211 Å². The lowest BCUT2D eigenvalue weighted by atomic mass is 9.99. The third kappa shape index (κ3) is 5.07. The monoisotopic (exact) mass is 498 g/mol. The number of fused-ring (bicyclic) bond motifs is 1. The molecule has 0 radical (unpaired) electrons. The van der Waals surface area contributed by atoms with E-state index in [1.54, 1.807) is 48.7 Å². The number of nitrogens with one attached hydrogen (secondary N) is 1. The molecule has 2 N–H and O–H groups in total. The molecule has 2 aromatic carbocycles. The van der Waals surface area contributed by atoms with Crippen LogP contribution in [0.5, 0.6) is 5.75 Å². The molecule has 0 bridgehead atoms. The van der Waals surface area contributed by atoms with Gasteiger partial charge in [-0.1, -0.05) is 30.3 Å². The zero-order valence-corrected chi connectivity index (χ0v) is 20.0. The molecule has 8 nitrogen and oxygen atoms in total. The van der Waals surface area contributed by atoms with Crippen LogP contribution in [0, 0.1) is 0 Å². The number of ketones is 2. The Morgan fingerprint density at radius 1 is 1.06 bits per heavy atom. The first kappa shape index (κ1) is 23.5. The van der Waals surface area contributed by atoms with E-state index < -0.39 is 0 Å². The van der Waals surface area contributed by atoms with Crippen LogP contribution in [0.4, 0.5) is 10.8 Å². The number of carbonyl (C=O) groups excluding carboxylic acids is 2. The lowest BCUT2D eigenvalue weighted by Gasteiger charge is -2.17. The highest BCUT2D eigenvalue weighted by Crippen LogP contribution is 2.36. The van der Waals surface area contributed by atoms with Crippen molar-refractivity contribution in [3.05, 3.63) is 88.9 Å². The fraction of sp³-hybridized carbons (Fsp3) is 0.148. The largest absolute Gasteiger partial charge is 0.488 e. The molecule has 0 saturated heterocycles. The maximum atomic E-state index is 12.8. The van der Waals surface area contributed by atoms with Crippen molar-refractivity contribution in [3.8, 4) is 17.1 Å². The maximum absolute atomic E-state index is 12.8. The first-order chi connectivity index (χ1) is 17.6. The smallest absolute Gasteiger partial charge is 0.193 e. The average Bonchev–Trinajstić information content (AvgIpc) is 3.39. The summed E-state index contributed by atoms with van der Waals surface area (Å²) in [6.45, 7) is 0.529. The Morgan fingerprint density at radius 2 is 1.83 bits per heavy atom. The van der Waals surface area contributed by atoms with E-state index in [2.05, 4.69) is 15.3 Å². The van der Waals surface area contributed by atoms with E-state index in [9.17, 15) is 9.59 Å². The Kier molecular flexibility index (Phi) is 6.92. The van der Waals surface area contributed by atoms with Gasteiger partial charge in [0, 0.05) is 34.8 Å². The predicted octanol–water partition coefficient (Wildman–Crippen LogP) is 4.58. The van der Waals surface area contributed by atoms with Gasteiger partial charge in [0.25, 0.3) is 0 Å². The van der Waals surface area contributed by atoms with Crippen LogP contribution in [0.1, 0.15) is 32.7 Å². The van der Waals surface area contributed by atoms with Crippen LogP contribution in [0.15, 0.2) is 77.2 Å². The van der Waals surface area contributed by atoms with E-state index >= 15 is 0 Å². The molecule has 0 fully saturated rings. The maximum Gasteiger partial charge on any atom is 0.193 e. The predicted molar refractivity (Wildman–Crippen MR) is 139 cm³/mol. The molecule has 0 amide bonds. The van der Waals surface area contributed by atoms with Crippen molar-refractivity contribution in [1.82, 2.24) is 9.97 Å². The third-order valence-corrected chi connectivity index (χ3v) is 6.35. The second-order valence-electron chi connectivity index (χ2n) is 8.03. The molecule has 5 rings (SSSR count). The number of carbonyl (C=O) groups is 2. The number of rotatable bonds is 9. The number of aromatic nitrogens is 2. The standard InChI is InChI=1S/C27H22N4O4S/c32-13-12-29-27-31-22(16-36-27)25-24-21(10-11-28-25)23(33)14-19(30-24)15-35-20-8-6-18(7-9-20)26(34)17-4-2-1-3-5-17/h1-11,16,32H,12-15H2,(H,29,31). The number of Topliss-reactive ketones (excluding diaryl/α,β-unsaturated/α-hetero) is 1. The van der Waals surface area contributed by atoms with Gasteiger partial charge in [-0.3, -0.25) is 19.6 Å². The minimum atomic E-state index is -0.0576. The van der Waals surface area contributed by atoms with Crippen molar-refractivity contribution in [2.24, 2.45) is 4.99 Å². The molecule has 1 aliphatic heterocycles. The third-order valence-electron chi connectivity index (χ3n) is 5.55. The number of benzene rings is 2. The van der Waals surface area contributed by atoms with Gasteiger partial charge in [-0.2, -0.15) is 0 Å². The van der Waals surface area contributed by atoms with Gasteiger partial charge in [0.05, 0.1) is 18.7 Å². The molecule has 36 heavy (non-hydrogen) atoms. The van der Waals surface area contributed by atoms with Crippen molar-refractivity contribution in [1.29, 1.82) is 0 Å². The lowest BCUT2D eigenvalue weighted by Crippen LogP contribution is -2.20. The number of aliphatic hydroxyl groups excluding tert-OH is 1. The summed E-state index contributed by atoms with van der Waals surface area (Å²) in [6, 6.07) is 17.7. The highest BCUT2D eigenvalue weighted by molar-refractivity contribution is 7.14. The van der Waals surface area contributed by atoms with Crippen LogP contribution in [0.3, 0.4) is 0 Å². The van der Waals surface area contributed by atoms with Crippen molar-refractivity contribution in [2.75, 3.05) is 25.1 Å². The summed E-state index contributed by atoms with van der Waals surface area (Å²) in [5.74, 6) is 0.462. The first-order valence-electron chi connectivity index (χ1n) is 11.3. The summed E-state index contributed by atoms with van der Waals surface area (Å²) in [6.07, 6.45) is 1.74. The van der Waals surface area contributed by atoms with E-state index in [0.717, 1.165) is 0 Å². The highest BCUT2D eigenvalue weighted by atomic mass is 32.1. The summed E-state index contributed by atoms with van der Waals surface area (Å²) < 4.78 is 5.88. The van der Waals surface area contributed by atoms with Gasteiger partial charge in [0.15, 0.2) is 16.7 Å². The van der Waals surface area contributed by atoms with E-state index in [1.807, 2.05) is 23.6 Å². The minimum Gasteiger partial charge on any atom is -0.488 e. The molecule has 0 unspecified atom stereocenters. The van der Waals surface area contributed by atoms with Gasteiger partial charge in [-0.25, -0.2) is 4.98 Å². The van der Waals surface area contributed by atoms with Crippen LogP contribution in [0.2, 0.25) is 0 Å². The topological polar surface area (TPSA) is 114 Å². The van der Waals surface area contributed by atoms with Crippen LogP contribution < -0.4 is 10.1 Å². The molecule has 0 saturated carbocycles. The summed E-state index contributed by atoms with van der Waals surface area (Å²) in [4.78, 5) is 39.1. The summed E-state index contributed by atoms with van der Waals surface area (Å²) in [7, 11) is 0. The highest BCUT2D eigenvalue weighted by Gasteiger charge is 2.25. The number of nitrogens with zero attached hydrogens (tertiary/aromatic N) is 3. The fourth-order valence-corrected chi connectivity index (χ4v) is 4.52. The fourth-order valence-electron chi connectivity index (χ4n) is 3.79. The quantitative estimate of drug-likeness (QED) is 0.325. The molecule has 0 atom stereocenters. The van der Waals surface area contributed by atoms with Crippen LogP contribution in [-0.2, 0) is 0 Å². The zero-order chi connectivity index (χ0) is 24.9. The Bertz CT molecular complexity index is 1430. The van der Waals surface area contributed by atoms with Crippen molar-refractivity contribution >= 4 is 39.4 Å². The van der Waals surface area contributed by atoms with Gasteiger partial charge >= 0.3 is 0 Å². The number of aliphatic imine (C=N–C) groups is 1. The van der Waals surface area contributed by atoms with E-state index in [4.69, 9.17) is 14.8 Å². The Balaban J connectivity index is 1.32. The normalized spacial score (nSPS) is 12.6. The molecule has 4 aromatic rings. The molecular formula is C27H22N4O4S. The molecule has 9 heteroatoms. The molecule has 0 spiro atoms. The Hall–Kier alpha value is -4.21. The van der Waals surface area contributed by atoms with Crippen molar-refractivity contribution in [3.63, 3.8) is 0 Å². The molecular weight excluding hydrogens is 476 g/mol. The van der Waals surface area contributed by atoms with Crippen LogP contribution >= 0.6 is 11.3 Å². The number of pyridine rings is 1. The number of ether oxygens (including phenoxy) is 1. The van der Waals surface area contributed by atoms with Crippen LogP contribution in [-0.4, -0.2) is 52.1 Å². The van der Waals surface area contributed by atoms with Gasteiger partial charge in [-0.05, 0) is 30.3 Å². The first-order valence-corrected chi connectivity index (χ1v) is 12.2.